The molecule has 0 aliphatic carbocycles. The second-order valence-corrected chi connectivity index (χ2v) is 13.6. The molecular formula is C38H34N4O11S. The number of nitrogens with one attached hydrogen (secondary N) is 2. The molecule has 2 atom stereocenters. The van der Waals surface area contributed by atoms with Gasteiger partial charge < -0.3 is 33.1 Å². The standard InChI is InChI=1S/C38H34N4O11S/c1-23-33(27-13-5-3-6-14-27)35(41-51-23)49-37(43)31(39-45)21-25-11-9-17-29(19-25)53-54(47,48)30-18-10-12-26(20-30)22-32(40-46)38(44)50-36-34(24(2)52-42-36)28-15-7-4-8-16-28/h3-20,31-32,39-40,45-46H,21-22H2,1-2H3. The molecule has 0 aliphatic heterocycles. The van der Waals surface area contributed by atoms with Crippen molar-refractivity contribution in [2.75, 3.05) is 0 Å². The van der Waals surface area contributed by atoms with Gasteiger partial charge in [-0.1, -0.05) is 84.9 Å². The SMILES string of the molecule is Cc1onc(OC(=O)C(Cc2cccc(OS(=O)(=O)c3cccc(CC(NO)C(=O)Oc4noc(C)c4-c4ccccc4)c3)c2)NO)c1-c1ccccc1. The Hall–Kier alpha value is -6.17. The zero-order valence-corrected chi connectivity index (χ0v) is 29.6. The Bertz CT molecular complexity index is 2350. The lowest BCUT2D eigenvalue weighted by molar-refractivity contribution is -0.140. The molecule has 0 aliphatic rings. The zero-order valence-electron chi connectivity index (χ0n) is 28.8. The van der Waals surface area contributed by atoms with Crippen molar-refractivity contribution in [2.45, 2.75) is 43.7 Å². The van der Waals surface area contributed by atoms with Gasteiger partial charge in [0.25, 0.3) is 11.8 Å². The van der Waals surface area contributed by atoms with Crippen molar-refractivity contribution < 1.29 is 51.1 Å². The molecule has 54 heavy (non-hydrogen) atoms. The Labute approximate surface area is 309 Å². The summed E-state index contributed by atoms with van der Waals surface area (Å²) in [6.07, 6.45) is -0.288. The van der Waals surface area contributed by atoms with E-state index in [2.05, 4.69) is 10.3 Å². The smallest absolute Gasteiger partial charge is 0.339 e. The highest BCUT2D eigenvalue weighted by Gasteiger charge is 2.28. The Kier molecular flexibility index (Phi) is 11.6. The monoisotopic (exact) mass is 754 g/mol. The zero-order chi connectivity index (χ0) is 38.2. The van der Waals surface area contributed by atoms with Crippen LogP contribution in [-0.2, 0) is 32.5 Å². The summed E-state index contributed by atoms with van der Waals surface area (Å²) in [5.74, 6) is -1.15. The number of benzene rings is 4. The fourth-order valence-electron chi connectivity index (χ4n) is 5.60. The molecule has 0 fully saturated rings. The van der Waals surface area contributed by atoms with Gasteiger partial charge >= 0.3 is 22.1 Å². The van der Waals surface area contributed by atoms with E-state index >= 15 is 0 Å². The fraction of sp³-hybridized carbons (Fsp3) is 0.158. The molecule has 278 valence electrons. The number of aryl methyl sites for hydroxylation is 2. The molecule has 2 unspecified atom stereocenters. The van der Waals surface area contributed by atoms with Crippen LogP contribution in [0, 0.1) is 13.8 Å². The van der Waals surface area contributed by atoms with Gasteiger partial charge in [-0.05, 0) is 70.7 Å². The summed E-state index contributed by atoms with van der Waals surface area (Å²) in [6.45, 7) is 3.34. The summed E-state index contributed by atoms with van der Waals surface area (Å²) >= 11 is 0. The van der Waals surface area contributed by atoms with Crippen molar-refractivity contribution in [3.8, 4) is 39.8 Å². The van der Waals surface area contributed by atoms with Crippen molar-refractivity contribution in [1.29, 1.82) is 0 Å². The van der Waals surface area contributed by atoms with Crippen molar-refractivity contribution in [3.63, 3.8) is 0 Å². The van der Waals surface area contributed by atoms with Crippen molar-refractivity contribution in [2.24, 2.45) is 0 Å². The van der Waals surface area contributed by atoms with E-state index in [1.165, 1.54) is 36.4 Å². The summed E-state index contributed by atoms with van der Waals surface area (Å²) in [6, 6.07) is 27.1. The molecule has 0 saturated carbocycles. The van der Waals surface area contributed by atoms with Gasteiger partial charge in [-0.2, -0.15) is 19.4 Å². The van der Waals surface area contributed by atoms with Crippen LogP contribution in [0.25, 0.3) is 22.3 Å². The molecule has 6 aromatic rings. The Morgan fingerprint density at radius 3 is 1.61 bits per heavy atom. The third-order valence-corrected chi connectivity index (χ3v) is 9.48. The number of carbonyl (C=O) groups excluding carboxylic acids is 2. The van der Waals surface area contributed by atoms with Gasteiger partial charge in [0.1, 0.15) is 34.2 Å². The first-order valence-corrected chi connectivity index (χ1v) is 17.9. The summed E-state index contributed by atoms with van der Waals surface area (Å²) in [5.41, 5.74) is 7.00. The van der Waals surface area contributed by atoms with Gasteiger partial charge in [-0.3, -0.25) is 0 Å². The van der Waals surface area contributed by atoms with Crippen molar-refractivity contribution in [1.82, 2.24) is 21.3 Å². The van der Waals surface area contributed by atoms with Crippen LogP contribution in [0.5, 0.6) is 17.5 Å². The molecule has 4 aromatic carbocycles. The van der Waals surface area contributed by atoms with Crippen molar-refractivity contribution in [3.05, 3.63) is 132 Å². The number of hydroxylamine groups is 2. The highest BCUT2D eigenvalue weighted by molar-refractivity contribution is 7.87. The minimum Gasteiger partial charge on any atom is -0.402 e. The second-order valence-electron chi connectivity index (χ2n) is 12.0. The highest BCUT2D eigenvalue weighted by atomic mass is 32.2. The quantitative estimate of drug-likeness (QED) is 0.0589. The molecule has 0 bridgehead atoms. The average Bonchev–Trinajstić information content (AvgIpc) is 3.73. The molecule has 0 amide bonds. The molecule has 4 N–H and O–H groups in total. The van der Waals surface area contributed by atoms with Gasteiger partial charge in [0, 0.05) is 12.8 Å². The molecule has 0 radical (unpaired) electrons. The van der Waals surface area contributed by atoms with E-state index in [0.717, 1.165) is 0 Å². The predicted molar refractivity (Wildman–Crippen MR) is 190 cm³/mol. The van der Waals surface area contributed by atoms with Crippen LogP contribution in [0.4, 0.5) is 0 Å². The number of carbonyl (C=O) groups is 2. The molecule has 2 aromatic heterocycles. The van der Waals surface area contributed by atoms with E-state index < -0.39 is 34.1 Å². The summed E-state index contributed by atoms with van der Waals surface area (Å²) < 4.78 is 53.6. The minimum absolute atomic E-state index is 0.0722. The van der Waals surface area contributed by atoms with Gasteiger partial charge in [0.15, 0.2) is 0 Å². The maximum atomic E-state index is 13.4. The van der Waals surface area contributed by atoms with Crippen molar-refractivity contribution >= 4 is 22.1 Å². The Balaban J connectivity index is 1.11. The topological polar surface area (TPSA) is 213 Å². The number of ether oxygens (including phenoxy) is 2. The highest BCUT2D eigenvalue weighted by Crippen LogP contribution is 2.34. The Morgan fingerprint density at radius 1 is 0.667 bits per heavy atom. The van der Waals surface area contributed by atoms with Gasteiger partial charge in [-0.25, -0.2) is 9.59 Å². The van der Waals surface area contributed by atoms with E-state index in [-0.39, 0.29) is 35.2 Å². The normalized spacial score (nSPS) is 12.5. The third-order valence-electron chi connectivity index (χ3n) is 8.23. The lowest BCUT2D eigenvalue weighted by Gasteiger charge is -2.15. The lowest BCUT2D eigenvalue weighted by atomic mass is 10.1. The van der Waals surface area contributed by atoms with Gasteiger partial charge in [-0.15, -0.1) is 0 Å². The number of hydrogen-bond donors (Lipinski definition) is 4. The predicted octanol–water partition coefficient (Wildman–Crippen LogP) is 5.37. The number of hydrogen-bond acceptors (Lipinski definition) is 15. The lowest BCUT2D eigenvalue weighted by Crippen LogP contribution is -2.39. The Morgan fingerprint density at radius 2 is 1.13 bits per heavy atom. The van der Waals surface area contributed by atoms with E-state index in [1.54, 1.807) is 62.4 Å². The number of nitrogens with zero attached hydrogens (tertiary/aromatic N) is 2. The van der Waals surface area contributed by atoms with Crippen LogP contribution in [0.15, 0.2) is 123 Å². The fourth-order valence-corrected chi connectivity index (χ4v) is 6.59. The number of aromatic nitrogens is 2. The van der Waals surface area contributed by atoms with Crippen LogP contribution in [0.1, 0.15) is 22.6 Å². The summed E-state index contributed by atoms with van der Waals surface area (Å²) in [4.78, 5) is 25.9. The van der Waals surface area contributed by atoms with Gasteiger partial charge in [0.2, 0.25) is 0 Å². The van der Waals surface area contributed by atoms with E-state index in [1.807, 2.05) is 35.2 Å². The summed E-state index contributed by atoms with van der Waals surface area (Å²) in [5, 5.41) is 27.3. The molecular weight excluding hydrogens is 721 g/mol. The van der Waals surface area contributed by atoms with Crippen LogP contribution in [0.2, 0.25) is 0 Å². The molecule has 0 saturated heterocycles. The van der Waals surface area contributed by atoms with Crippen LogP contribution >= 0.6 is 0 Å². The van der Waals surface area contributed by atoms with E-state index in [0.29, 0.717) is 44.9 Å². The maximum Gasteiger partial charge on any atom is 0.339 e. The molecule has 0 spiro atoms. The van der Waals surface area contributed by atoms with E-state index in [4.69, 9.17) is 22.7 Å². The van der Waals surface area contributed by atoms with Crippen LogP contribution in [0.3, 0.4) is 0 Å². The van der Waals surface area contributed by atoms with E-state index in [9.17, 15) is 28.4 Å². The van der Waals surface area contributed by atoms with Crippen LogP contribution < -0.4 is 24.6 Å². The van der Waals surface area contributed by atoms with Gasteiger partial charge in [0.05, 0.1) is 11.1 Å². The number of rotatable bonds is 15. The molecule has 15 nitrogen and oxygen atoms in total. The summed E-state index contributed by atoms with van der Waals surface area (Å²) in [7, 11) is -4.41. The maximum absolute atomic E-state index is 13.4. The average molecular weight is 755 g/mol. The number of esters is 2. The molecule has 2 heterocycles. The first-order valence-electron chi connectivity index (χ1n) is 16.4. The third kappa shape index (κ3) is 8.71. The molecule has 6 rings (SSSR count). The largest absolute Gasteiger partial charge is 0.402 e. The second kappa shape index (κ2) is 16.7. The van der Waals surface area contributed by atoms with Crippen LogP contribution in [-0.4, -0.2) is 53.2 Å². The first-order chi connectivity index (χ1) is 26.1. The molecule has 16 heteroatoms. The minimum atomic E-state index is -4.41. The first kappa shape index (κ1) is 37.6.